The fourth-order valence-corrected chi connectivity index (χ4v) is 4.73. The lowest BCUT2D eigenvalue weighted by atomic mass is 9.66. The summed E-state index contributed by atoms with van der Waals surface area (Å²) >= 11 is 0. The van der Waals surface area contributed by atoms with Gasteiger partial charge in [0.2, 0.25) is 0 Å². The van der Waals surface area contributed by atoms with Crippen LogP contribution >= 0.6 is 0 Å². The highest BCUT2D eigenvalue weighted by Gasteiger charge is 2.36. The predicted octanol–water partition coefficient (Wildman–Crippen LogP) is 4.27. The molecule has 3 rings (SSSR count). The maximum atomic E-state index is 5.98. The van der Waals surface area contributed by atoms with Crippen LogP contribution in [0, 0.1) is 17.8 Å². The van der Waals surface area contributed by atoms with Gasteiger partial charge in [0, 0.05) is 0 Å². The summed E-state index contributed by atoms with van der Waals surface area (Å²) in [5.74, 6) is 4.12. The van der Waals surface area contributed by atoms with Crippen molar-refractivity contribution in [3.63, 3.8) is 0 Å². The molecule has 2 fully saturated rings. The molecule has 2 nitrogen and oxygen atoms in total. The fraction of sp³-hybridized carbons (Fsp3) is 0.889. The molecule has 4 unspecified atom stereocenters. The predicted molar refractivity (Wildman–Crippen MR) is 83.5 cm³/mol. The molecule has 0 bridgehead atoms. The van der Waals surface area contributed by atoms with Crippen LogP contribution in [0.5, 0.6) is 0 Å². The average molecular weight is 277 g/mol. The van der Waals surface area contributed by atoms with Gasteiger partial charge in [-0.3, -0.25) is 0 Å². The van der Waals surface area contributed by atoms with E-state index >= 15 is 0 Å². The summed E-state index contributed by atoms with van der Waals surface area (Å²) in [5, 5.41) is 3.72. The minimum Gasteiger partial charge on any atom is -0.497 e. The lowest BCUT2D eigenvalue weighted by Gasteiger charge is -2.42. The van der Waals surface area contributed by atoms with E-state index in [1.54, 1.807) is 0 Å². The normalized spacial score (nSPS) is 35.6. The molecular formula is C18H31NO. The lowest BCUT2D eigenvalue weighted by molar-refractivity contribution is 0.0887. The number of likely N-dealkylation sites (N-methyl/N-ethyl adjacent to an activating group) is 1. The van der Waals surface area contributed by atoms with E-state index in [2.05, 4.69) is 18.3 Å². The van der Waals surface area contributed by atoms with Crippen molar-refractivity contribution >= 4 is 0 Å². The van der Waals surface area contributed by atoms with E-state index in [0.717, 1.165) is 30.9 Å². The van der Waals surface area contributed by atoms with Crippen molar-refractivity contribution in [3.05, 3.63) is 11.8 Å². The van der Waals surface area contributed by atoms with E-state index in [-0.39, 0.29) is 0 Å². The molecule has 0 amide bonds. The summed E-state index contributed by atoms with van der Waals surface area (Å²) in [4.78, 5) is 0. The van der Waals surface area contributed by atoms with Gasteiger partial charge in [0.1, 0.15) is 5.76 Å². The monoisotopic (exact) mass is 277 g/mol. The smallest absolute Gasteiger partial charge is 0.109 e. The van der Waals surface area contributed by atoms with Gasteiger partial charge < -0.3 is 10.1 Å². The number of fused-ring (bicyclic) bond motifs is 1. The zero-order valence-electron chi connectivity index (χ0n) is 13.1. The Morgan fingerprint density at radius 1 is 1.15 bits per heavy atom. The third kappa shape index (κ3) is 3.21. The van der Waals surface area contributed by atoms with E-state index in [0.29, 0.717) is 6.04 Å². The molecule has 0 saturated heterocycles. The first-order chi connectivity index (χ1) is 9.88. The summed E-state index contributed by atoms with van der Waals surface area (Å²) < 4.78 is 5.98. The molecule has 0 radical (unpaired) electrons. The molecule has 2 aliphatic carbocycles. The van der Waals surface area contributed by atoms with Crippen LogP contribution in [0.1, 0.15) is 64.7 Å². The van der Waals surface area contributed by atoms with Gasteiger partial charge in [-0.1, -0.05) is 32.6 Å². The SMILES string of the molecule is CCNC(C1=CCCCO1)C1CCC2CCCCC2C1. The van der Waals surface area contributed by atoms with E-state index < -0.39 is 0 Å². The molecular weight excluding hydrogens is 246 g/mol. The zero-order chi connectivity index (χ0) is 13.8. The third-order valence-corrected chi connectivity index (χ3v) is 5.74. The van der Waals surface area contributed by atoms with Crippen molar-refractivity contribution in [2.24, 2.45) is 17.8 Å². The minimum absolute atomic E-state index is 0.489. The minimum atomic E-state index is 0.489. The van der Waals surface area contributed by atoms with Crippen LogP contribution in [0.15, 0.2) is 11.8 Å². The van der Waals surface area contributed by atoms with E-state index in [9.17, 15) is 0 Å². The summed E-state index contributed by atoms with van der Waals surface area (Å²) in [6.45, 7) is 4.20. The van der Waals surface area contributed by atoms with Crippen molar-refractivity contribution in [3.8, 4) is 0 Å². The second kappa shape index (κ2) is 6.98. The van der Waals surface area contributed by atoms with Crippen LogP contribution in [0.2, 0.25) is 0 Å². The van der Waals surface area contributed by atoms with Crippen LogP contribution in [0.4, 0.5) is 0 Å². The molecule has 2 heteroatoms. The molecule has 3 aliphatic rings. The lowest BCUT2D eigenvalue weighted by Crippen LogP contribution is -2.43. The molecule has 0 spiro atoms. The van der Waals surface area contributed by atoms with Crippen LogP contribution in [-0.2, 0) is 4.74 Å². The van der Waals surface area contributed by atoms with Crippen LogP contribution in [-0.4, -0.2) is 19.2 Å². The maximum absolute atomic E-state index is 5.98. The highest BCUT2D eigenvalue weighted by atomic mass is 16.5. The number of hydrogen-bond acceptors (Lipinski definition) is 2. The maximum Gasteiger partial charge on any atom is 0.109 e. The van der Waals surface area contributed by atoms with Crippen LogP contribution in [0.3, 0.4) is 0 Å². The molecule has 114 valence electrons. The Kier molecular flexibility index (Phi) is 5.04. The Morgan fingerprint density at radius 3 is 2.75 bits per heavy atom. The van der Waals surface area contributed by atoms with Crippen molar-refractivity contribution in [2.75, 3.05) is 13.2 Å². The van der Waals surface area contributed by atoms with E-state index in [1.165, 1.54) is 63.5 Å². The number of nitrogens with one attached hydrogen (secondary N) is 1. The molecule has 2 saturated carbocycles. The summed E-state index contributed by atoms with van der Waals surface area (Å²) in [6, 6.07) is 0.489. The first-order valence-corrected chi connectivity index (χ1v) is 8.94. The molecule has 0 aromatic rings. The highest BCUT2D eigenvalue weighted by molar-refractivity contribution is 5.09. The number of allylic oxidation sites excluding steroid dienone is 1. The standard InChI is InChI=1S/C18H31NO/c1-2-19-18(17-9-5-6-12-20-17)16-11-10-14-7-3-4-8-15(14)13-16/h9,14-16,18-19H,2-8,10-13H2,1H3. The van der Waals surface area contributed by atoms with E-state index in [1.807, 2.05) is 0 Å². The summed E-state index contributed by atoms with van der Waals surface area (Å²) in [5.41, 5.74) is 0. The molecule has 20 heavy (non-hydrogen) atoms. The summed E-state index contributed by atoms with van der Waals surface area (Å²) in [6.07, 6.45) is 15.0. The zero-order valence-corrected chi connectivity index (χ0v) is 13.1. The average Bonchev–Trinajstić information content (AvgIpc) is 2.53. The molecule has 4 atom stereocenters. The Labute approximate surface area is 124 Å². The van der Waals surface area contributed by atoms with Gasteiger partial charge in [0.25, 0.3) is 0 Å². The van der Waals surface area contributed by atoms with Crippen LogP contribution < -0.4 is 5.32 Å². The van der Waals surface area contributed by atoms with Crippen molar-refractivity contribution in [1.82, 2.24) is 5.32 Å². The second-order valence-electron chi connectivity index (χ2n) is 7.01. The van der Waals surface area contributed by atoms with Gasteiger partial charge in [-0.25, -0.2) is 0 Å². The largest absolute Gasteiger partial charge is 0.497 e. The van der Waals surface area contributed by atoms with Gasteiger partial charge in [-0.2, -0.15) is 0 Å². The fourth-order valence-electron chi connectivity index (χ4n) is 4.73. The van der Waals surface area contributed by atoms with Gasteiger partial charge in [-0.05, 0) is 62.5 Å². The van der Waals surface area contributed by atoms with Crippen molar-refractivity contribution in [1.29, 1.82) is 0 Å². The first kappa shape index (κ1) is 14.4. The van der Waals surface area contributed by atoms with Crippen LogP contribution in [0.25, 0.3) is 0 Å². The topological polar surface area (TPSA) is 21.3 Å². The Morgan fingerprint density at radius 2 is 2.00 bits per heavy atom. The molecule has 1 heterocycles. The summed E-state index contributed by atoms with van der Waals surface area (Å²) in [7, 11) is 0. The molecule has 0 aromatic heterocycles. The Hall–Kier alpha value is -0.500. The number of ether oxygens (including phenoxy) is 1. The molecule has 1 N–H and O–H groups in total. The van der Waals surface area contributed by atoms with Gasteiger partial charge in [0.05, 0.1) is 12.6 Å². The quantitative estimate of drug-likeness (QED) is 0.829. The number of hydrogen-bond donors (Lipinski definition) is 1. The number of rotatable bonds is 4. The van der Waals surface area contributed by atoms with Crippen molar-refractivity contribution in [2.45, 2.75) is 70.8 Å². The Bertz CT molecular complexity index is 338. The Balaban J connectivity index is 1.66. The van der Waals surface area contributed by atoms with Crippen molar-refractivity contribution < 1.29 is 4.74 Å². The first-order valence-electron chi connectivity index (χ1n) is 8.94. The van der Waals surface area contributed by atoms with E-state index in [4.69, 9.17) is 4.74 Å². The highest BCUT2D eigenvalue weighted by Crippen LogP contribution is 2.44. The molecule has 0 aromatic carbocycles. The molecule has 1 aliphatic heterocycles. The van der Waals surface area contributed by atoms with Gasteiger partial charge in [0.15, 0.2) is 0 Å². The van der Waals surface area contributed by atoms with Gasteiger partial charge >= 0.3 is 0 Å². The van der Waals surface area contributed by atoms with Gasteiger partial charge in [-0.15, -0.1) is 0 Å². The second-order valence-corrected chi connectivity index (χ2v) is 7.01. The third-order valence-electron chi connectivity index (χ3n) is 5.74.